The zero-order valence-corrected chi connectivity index (χ0v) is 10.2. The Kier molecular flexibility index (Phi) is 6.37. The van der Waals surface area contributed by atoms with E-state index in [2.05, 4.69) is 24.1 Å². The third kappa shape index (κ3) is 6.05. The van der Waals surface area contributed by atoms with Gasteiger partial charge >= 0.3 is 5.97 Å². The first-order valence-electron chi connectivity index (χ1n) is 5.87. The number of carbonyl (C=O) groups is 1. The average molecular weight is 230 g/mol. The lowest BCUT2D eigenvalue weighted by Gasteiger charge is -2.25. The molecule has 1 heterocycles. The maximum atomic E-state index is 11.4. The van der Waals surface area contributed by atoms with Crippen LogP contribution < -0.4 is 5.32 Å². The quantitative estimate of drug-likeness (QED) is 0.508. The van der Waals surface area contributed by atoms with E-state index in [0.717, 1.165) is 13.1 Å². The lowest BCUT2D eigenvalue weighted by Crippen LogP contribution is -2.40. The molecule has 16 heavy (non-hydrogen) atoms. The van der Waals surface area contributed by atoms with Gasteiger partial charge < -0.3 is 14.8 Å². The summed E-state index contributed by atoms with van der Waals surface area (Å²) >= 11 is 0. The minimum absolute atomic E-state index is 0.146. The van der Waals surface area contributed by atoms with Crippen LogP contribution in [0.3, 0.4) is 0 Å². The molecule has 5 heteroatoms. The topological polar surface area (TPSA) is 50.8 Å². The monoisotopic (exact) mass is 230 g/mol. The van der Waals surface area contributed by atoms with Crippen LogP contribution >= 0.6 is 0 Å². The summed E-state index contributed by atoms with van der Waals surface area (Å²) in [7, 11) is 0. The van der Waals surface area contributed by atoms with E-state index in [-0.39, 0.29) is 5.97 Å². The van der Waals surface area contributed by atoms with E-state index in [0.29, 0.717) is 39.0 Å². The van der Waals surface area contributed by atoms with Gasteiger partial charge in [0.15, 0.2) is 0 Å². The second-order valence-corrected chi connectivity index (χ2v) is 4.22. The van der Waals surface area contributed by atoms with Crippen molar-refractivity contribution in [3.05, 3.63) is 0 Å². The summed E-state index contributed by atoms with van der Waals surface area (Å²) in [5, 5.41) is 3.19. The Bertz CT molecular complexity index is 203. The number of hydrogen-bond donors (Lipinski definition) is 1. The van der Waals surface area contributed by atoms with Gasteiger partial charge in [-0.15, -0.1) is 0 Å². The van der Waals surface area contributed by atoms with Crippen LogP contribution in [-0.2, 0) is 14.3 Å². The van der Waals surface area contributed by atoms with E-state index < -0.39 is 0 Å². The van der Waals surface area contributed by atoms with E-state index >= 15 is 0 Å². The van der Waals surface area contributed by atoms with Crippen molar-refractivity contribution in [2.75, 3.05) is 46.0 Å². The normalized spacial score (nSPS) is 17.7. The van der Waals surface area contributed by atoms with Gasteiger partial charge in [-0.1, -0.05) is 13.8 Å². The number of ether oxygens (including phenoxy) is 2. The van der Waals surface area contributed by atoms with Crippen molar-refractivity contribution in [3.63, 3.8) is 0 Å². The number of esters is 1. The van der Waals surface area contributed by atoms with Crippen LogP contribution in [-0.4, -0.2) is 62.9 Å². The number of hydrogen-bond acceptors (Lipinski definition) is 5. The van der Waals surface area contributed by atoms with Crippen LogP contribution in [0.15, 0.2) is 0 Å². The fourth-order valence-electron chi connectivity index (χ4n) is 1.50. The first-order chi connectivity index (χ1) is 7.68. The number of carbonyl (C=O) groups excluding carboxylic acids is 1. The lowest BCUT2D eigenvalue weighted by atomic mass is 10.4. The highest BCUT2D eigenvalue weighted by molar-refractivity contribution is 5.71. The molecule has 0 saturated carbocycles. The van der Waals surface area contributed by atoms with Crippen LogP contribution in [0.25, 0.3) is 0 Å². The molecule has 1 rings (SSSR count). The molecule has 94 valence electrons. The highest BCUT2D eigenvalue weighted by Crippen LogP contribution is 1.96. The Morgan fingerprint density at radius 3 is 2.75 bits per heavy atom. The zero-order chi connectivity index (χ0) is 11.8. The molecule has 0 spiro atoms. The van der Waals surface area contributed by atoms with E-state index in [9.17, 15) is 4.79 Å². The van der Waals surface area contributed by atoms with Gasteiger partial charge in [0.25, 0.3) is 0 Å². The summed E-state index contributed by atoms with van der Waals surface area (Å²) in [5.41, 5.74) is 0. The molecule has 1 aliphatic heterocycles. The molecular weight excluding hydrogens is 208 g/mol. The molecule has 0 unspecified atom stereocenters. The minimum atomic E-state index is -0.146. The van der Waals surface area contributed by atoms with Crippen molar-refractivity contribution >= 4 is 5.97 Å². The van der Waals surface area contributed by atoms with Gasteiger partial charge in [-0.25, -0.2) is 0 Å². The van der Waals surface area contributed by atoms with E-state index in [4.69, 9.17) is 9.47 Å². The molecule has 1 N–H and O–H groups in total. The average Bonchev–Trinajstić information content (AvgIpc) is 2.25. The van der Waals surface area contributed by atoms with Crippen LogP contribution in [0.1, 0.15) is 13.8 Å². The number of nitrogens with one attached hydrogen (secondary N) is 1. The highest BCUT2D eigenvalue weighted by Gasteiger charge is 2.14. The smallest absolute Gasteiger partial charge is 0.320 e. The highest BCUT2D eigenvalue weighted by atomic mass is 16.5. The molecule has 0 aromatic carbocycles. The van der Waals surface area contributed by atoms with E-state index in [1.165, 1.54) is 0 Å². The lowest BCUT2D eigenvalue weighted by molar-refractivity contribution is -0.145. The SMILES string of the molecule is CC(C)NCCOC(=O)CN1CCOCC1. The predicted octanol–water partition coefficient (Wildman–Crippen LogP) is -0.140. The molecule has 0 radical (unpaired) electrons. The standard InChI is InChI=1S/C11H22N2O3/c1-10(2)12-3-6-16-11(14)9-13-4-7-15-8-5-13/h10,12H,3-9H2,1-2H3. The Morgan fingerprint density at radius 2 is 2.12 bits per heavy atom. The minimum Gasteiger partial charge on any atom is -0.463 e. The van der Waals surface area contributed by atoms with Crippen molar-refractivity contribution in [3.8, 4) is 0 Å². The van der Waals surface area contributed by atoms with Gasteiger partial charge in [0.2, 0.25) is 0 Å². The van der Waals surface area contributed by atoms with Gasteiger partial charge in [0.05, 0.1) is 19.8 Å². The fourth-order valence-corrected chi connectivity index (χ4v) is 1.50. The molecule has 0 bridgehead atoms. The van der Waals surface area contributed by atoms with E-state index in [1.807, 2.05) is 0 Å². The Balaban J connectivity index is 2.01. The third-order valence-corrected chi connectivity index (χ3v) is 2.37. The Hall–Kier alpha value is -0.650. The van der Waals surface area contributed by atoms with Gasteiger partial charge in [0.1, 0.15) is 6.61 Å². The summed E-state index contributed by atoms with van der Waals surface area (Å²) in [6.07, 6.45) is 0. The molecule has 0 aromatic rings. The molecular formula is C11H22N2O3. The zero-order valence-electron chi connectivity index (χ0n) is 10.2. The van der Waals surface area contributed by atoms with Gasteiger partial charge in [0, 0.05) is 25.7 Å². The number of rotatable bonds is 6. The van der Waals surface area contributed by atoms with Gasteiger partial charge in [-0.05, 0) is 0 Å². The van der Waals surface area contributed by atoms with Crippen molar-refractivity contribution < 1.29 is 14.3 Å². The molecule has 0 amide bonds. The third-order valence-electron chi connectivity index (χ3n) is 2.37. The molecule has 0 aromatic heterocycles. The van der Waals surface area contributed by atoms with Crippen LogP contribution in [0, 0.1) is 0 Å². The second-order valence-electron chi connectivity index (χ2n) is 4.22. The summed E-state index contributed by atoms with van der Waals surface area (Å²) in [5.74, 6) is -0.146. The summed E-state index contributed by atoms with van der Waals surface area (Å²) in [6, 6.07) is 0.429. The fraction of sp³-hybridized carbons (Fsp3) is 0.909. The van der Waals surface area contributed by atoms with Crippen LogP contribution in [0.2, 0.25) is 0 Å². The molecule has 5 nitrogen and oxygen atoms in total. The van der Waals surface area contributed by atoms with Crippen molar-refractivity contribution in [2.45, 2.75) is 19.9 Å². The maximum absolute atomic E-state index is 11.4. The van der Waals surface area contributed by atoms with Crippen molar-refractivity contribution in [2.24, 2.45) is 0 Å². The largest absolute Gasteiger partial charge is 0.463 e. The van der Waals surface area contributed by atoms with Crippen LogP contribution in [0.5, 0.6) is 0 Å². The summed E-state index contributed by atoms with van der Waals surface area (Å²) in [6.45, 7) is 8.73. The molecule has 1 fully saturated rings. The summed E-state index contributed by atoms with van der Waals surface area (Å²) < 4.78 is 10.3. The molecule has 1 aliphatic rings. The summed E-state index contributed by atoms with van der Waals surface area (Å²) in [4.78, 5) is 13.5. The number of morpholine rings is 1. The molecule has 0 aliphatic carbocycles. The second kappa shape index (κ2) is 7.60. The van der Waals surface area contributed by atoms with Gasteiger partial charge in [-0.3, -0.25) is 9.69 Å². The predicted molar refractivity (Wildman–Crippen MR) is 61.4 cm³/mol. The Labute approximate surface area is 97.1 Å². The first kappa shape index (κ1) is 13.4. The molecule has 0 atom stereocenters. The first-order valence-corrected chi connectivity index (χ1v) is 5.87. The maximum Gasteiger partial charge on any atom is 0.320 e. The Morgan fingerprint density at radius 1 is 1.44 bits per heavy atom. The van der Waals surface area contributed by atoms with Crippen molar-refractivity contribution in [1.29, 1.82) is 0 Å². The number of nitrogens with zero attached hydrogens (tertiary/aromatic N) is 1. The van der Waals surface area contributed by atoms with Gasteiger partial charge in [-0.2, -0.15) is 0 Å². The van der Waals surface area contributed by atoms with E-state index in [1.54, 1.807) is 0 Å². The molecule has 1 saturated heterocycles. The van der Waals surface area contributed by atoms with Crippen LogP contribution in [0.4, 0.5) is 0 Å². The van der Waals surface area contributed by atoms with Crippen molar-refractivity contribution in [1.82, 2.24) is 10.2 Å².